The van der Waals surface area contributed by atoms with E-state index in [9.17, 15) is 14.3 Å². The van der Waals surface area contributed by atoms with Crippen LogP contribution in [0.5, 0.6) is 0 Å². The summed E-state index contributed by atoms with van der Waals surface area (Å²) in [5.41, 5.74) is 0.430. The summed E-state index contributed by atoms with van der Waals surface area (Å²) in [5, 5.41) is 12.2. The fraction of sp³-hybridized carbons (Fsp3) is 0.500. The predicted molar refractivity (Wildman–Crippen MR) is 79.1 cm³/mol. The number of benzene rings is 1. The van der Waals surface area contributed by atoms with E-state index in [1.54, 1.807) is 17.9 Å². The molecule has 1 aromatic rings. The van der Waals surface area contributed by atoms with E-state index < -0.39 is 5.82 Å². The van der Waals surface area contributed by atoms with Crippen LogP contribution >= 0.6 is 15.9 Å². The minimum Gasteiger partial charge on any atom is -0.393 e. The van der Waals surface area contributed by atoms with Crippen LogP contribution in [0.25, 0.3) is 0 Å². The average Bonchev–Trinajstić information content (AvgIpc) is 2.37. The van der Waals surface area contributed by atoms with Gasteiger partial charge in [-0.15, -0.1) is 0 Å². The lowest BCUT2D eigenvalue weighted by Gasteiger charge is -2.33. The first-order chi connectivity index (χ1) is 9.45. The molecular weight excluding hydrogens is 327 g/mol. The van der Waals surface area contributed by atoms with Gasteiger partial charge in [0.1, 0.15) is 5.82 Å². The number of aliphatic hydroxyl groups is 1. The largest absolute Gasteiger partial charge is 0.393 e. The zero-order valence-electron chi connectivity index (χ0n) is 11.3. The van der Waals surface area contributed by atoms with Crippen LogP contribution in [-0.2, 0) is 0 Å². The van der Waals surface area contributed by atoms with Gasteiger partial charge >= 0.3 is 6.03 Å². The number of urea groups is 1. The lowest BCUT2D eigenvalue weighted by atomic mass is 9.92. The molecule has 2 N–H and O–H groups in total. The first kappa shape index (κ1) is 15.3. The molecule has 6 heteroatoms. The van der Waals surface area contributed by atoms with Gasteiger partial charge in [0, 0.05) is 23.2 Å². The molecule has 1 atom stereocenters. The Hall–Kier alpha value is -1.14. The SMILES string of the molecule is CC(O)C1CCN(C(=O)Nc2cc(F)cc(Br)c2)CC1. The number of aliphatic hydroxyl groups excluding tert-OH is 1. The first-order valence-corrected chi connectivity index (χ1v) is 7.45. The molecule has 4 nitrogen and oxygen atoms in total. The standard InChI is InChI=1S/C14H18BrFN2O2/c1-9(19)10-2-4-18(5-3-10)14(20)17-13-7-11(15)6-12(16)8-13/h6-10,19H,2-5H2,1H3,(H,17,20). The summed E-state index contributed by atoms with van der Waals surface area (Å²) >= 11 is 3.19. The van der Waals surface area contributed by atoms with Crippen LogP contribution in [0.4, 0.5) is 14.9 Å². The van der Waals surface area contributed by atoms with Gasteiger partial charge in [-0.25, -0.2) is 9.18 Å². The van der Waals surface area contributed by atoms with Crippen LogP contribution in [0.2, 0.25) is 0 Å². The molecule has 1 fully saturated rings. The fourth-order valence-electron chi connectivity index (χ4n) is 2.41. The maximum Gasteiger partial charge on any atom is 0.321 e. The Balaban J connectivity index is 1.92. The van der Waals surface area contributed by atoms with Gasteiger partial charge in [0.05, 0.1) is 6.10 Å². The maximum atomic E-state index is 13.2. The number of hydrogen-bond acceptors (Lipinski definition) is 2. The number of amides is 2. The van der Waals surface area contributed by atoms with Crippen molar-refractivity contribution >= 4 is 27.6 Å². The number of halogens is 2. The van der Waals surface area contributed by atoms with Crippen molar-refractivity contribution in [3.05, 3.63) is 28.5 Å². The van der Waals surface area contributed by atoms with E-state index in [0.717, 1.165) is 12.8 Å². The van der Waals surface area contributed by atoms with Crippen LogP contribution in [-0.4, -0.2) is 35.2 Å². The van der Waals surface area contributed by atoms with Crippen molar-refractivity contribution in [1.82, 2.24) is 4.90 Å². The normalized spacial score (nSPS) is 17.9. The number of rotatable bonds is 2. The Labute approximate surface area is 126 Å². The highest BCUT2D eigenvalue weighted by atomic mass is 79.9. The van der Waals surface area contributed by atoms with E-state index in [2.05, 4.69) is 21.2 Å². The predicted octanol–water partition coefficient (Wildman–Crippen LogP) is 3.21. The summed E-state index contributed by atoms with van der Waals surface area (Å²) in [4.78, 5) is 13.8. The van der Waals surface area contributed by atoms with E-state index in [1.807, 2.05) is 0 Å². The summed E-state index contributed by atoms with van der Waals surface area (Å²) < 4.78 is 13.8. The molecule has 0 aliphatic carbocycles. The highest BCUT2D eigenvalue weighted by molar-refractivity contribution is 9.10. The van der Waals surface area contributed by atoms with Gasteiger partial charge in [-0.1, -0.05) is 15.9 Å². The van der Waals surface area contributed by atoms with Crippen LogP contribution in [0.15, 0.2) is 22.7 Å². The fourth-order valence-corrected chi connectivity index (χ4v) is 2.88. The maximum absolute atomic E-state index is 13.2. The molecule has 0 bridgehead atoms. The number of piperidine rings is 1. The second kappa shape index (κ2) is 6.54. The Kier molecular flexibility index (Phi) is 4.99. The third-order valence-corrected chi connectivity index (χ3v) is 4.08. The second-order valence-electron chi connectivity index (χ2n) is 5.15. The Morgan fingerprint density at radius 3 is 2.65 bits per heavy atom. The molecule has 1 aliphatic rings. The molecule has 1 heterocycles. The van der Waals surface area contributed by atoms with Crippen LogP contribution in [0.3, 0.4) is 0 Å². The number of anilines is 1. The van der Waals surface area contributed by atoms with Gasteiger partial charge in [-0.2, -0.15) is 0 Å². The van der Waals surface area contributed by atoms with Crippen LogP contribution < -0.4 is 5.32 Å². The highest BCUT2D eigenvalue weighted by Gasteiger charge is 2.25. The van der Waals surface area contributed by atoms with Gasteiger partial charge in [0.25, 0.3) is 0 Å². The molecule has 0 saturated carbocycles. The molecular formula is C14H18BrFN2O2. The molecule has 0 aromatic heterocycles. The quantitative estimate of drug-likeness (QED) is 0.865. The summed E-state index contributed by atoms with van der Waals surface area (Å²) in [6, 6.07) is 4.05. The van der Waals surface area contributed by atoms with Gasteiger partial charge in [0.2, 0.25) is 0 Å². The summed E-state index contributed by atoms with van der Waals surface area (Å²) in [5.74, 6) is -0.148. The van der Waals surface area contributed by atoms with E-state index in [-0.39, 0.29) is 18.1 Å². The third-order valence-electron chi connectivity index (χ3n) is 3.62. The summed E-state index contributed by atoms with van der Waals surface area (Å²) in [6.45, 7) is 3.00. The van der Waals surface area contributed by atoms with E-state index in [4.69, 9.17) is 0 Å². The zero-order valence-corrected chi connectivity index (χ0v) is 12.9. The van der Waals surface area contributed by atoms with E-state index in [0.29, 0.717) is 23.2 Å². The molecule has 0 spiro atoms. The highest BCUT2D eigenvalue weighted by Crippen LogP contribution is 2.22. The number of likely N-dealkylation sites (tertiary alicyclic amines) is 1. The number of carbonyl (C=O) groups excluding carboxylic acids is 1. The number of nitrogens with zero attached hydrogens (tertiary/aromatic N) is 1. The van der Waals surface area contributed by atoms with E-state index >= 15 is 0 Å². The molecule has 1 saturated heterocycles. The lowest BCUT2D eigenvalue weighted by molar-refractivity contribution is 0.0820. The summed E-state index contributed by atoms with van der Waals surface area (Å²) in [7, 11) is 0. The van der Waals surface area contributed by atoms with Crippen molar-refractivity contribution < 1.29 is 14.3 Å². The first-order valence-electron chi connectivity index (χ1n) is 6.66. The van der Waals surface area contributed by atoms with Crippen molar-refractivity contribution in [2.24, 2.45) is 5.92 Å². The minimum absolute atomic E-state index is 0.230. The molecule has 1 aliphatic heterocycles. The number of nitrogens with one attached hydrogen (secondary N) is 1. The third kappa shape index (κ3) is 3.93. The van der Waals surface area contributed by atoms with Gasteiger partial charge in [0.15, 0.2) is 0 Å². The van der Waals surface area contributed by atoms with Crippen LogP contribution in [0.1, 0.15) is 19.8 Å². The number of hydrogen-bond donors (Lipinski definition) is 2. The monoisotopic (exact) mass is 344 g/mol. The topological polar surface area (TPSA) is 52.6 Å². The average molecular weight is 345 g/mol. The molecule has 20 heavy (non-hydrogen) atoms. The van der Waals surface area contributed by atoms with Gasteiger partial charge in [-0.05, 0) is 43.9 Å². The zero-order chi connectivity index (χ0) is 14.7. The van der Waals surface area contributed by atoms with Crippen molar-refractivity contribution in [1.29, 1.82) is 0 Å². The van der Waals surface area contributed by atoms with Crippen molar-refractivity contribution in [3.8, 4) is 0 Å². The van der Waals surface area contributed by atoms with E-state index in [1.165, 1.54) is 12.1 Å². The van der Waals surface area contributed by atoms with Crippen LogP contribution in [0, 0.1) is 11.7 Å². The molecule has 1 aromatic carbocycles. The lowest BCUT2D eigenvalue weighted by Crippen LogP contribution is -2.42. The van der Waals surface area contributed by atoms with Crippen molar-refractivity contribution in [3.63, 3.8) is 0 Å². The van der Waals surface area contributed by atoms with Gasteiger partial charge < -0.3 is 15.3 Å². The van der Waals surface area contributed by atoms with Gasteiger partial charge in [-0.3, -0.25) is 0 Å². The summed E-state index contributed by atoms with van der Waals surface area (Å²) in [6.07, 6.45) is 1.25. The molecule has 1 unspecified atom stereocenters. The molecule has 2 rings (SSSR count). The Bertz CT molecular complexity index is 468. The Morgan fingerprint density at radius 1 is 1.45 bits per heavy atom. The second-order valence-corrected chi connectivity index (χ2v) is 6.07. The number of carbonyl (C=O) groups is 1. The molecule has 0 radical (unpaired) electrons. The van der Waals surface area contributed by atoms with Crippen molar-refractivity contribution in [2.45, 2.75) is 25.9 Å². The minimum atomic E-state index is -0.400. The Morgan fingerprint density at radius 2 is 2.10 bits per heavy atom. The smallest absolute Gasteiger partial charge is 0.321 e. The van der Waals surface area contributed by atoms with Crippen molar-refractivity contribution in [2.75, 3.05) is 18.4 Å². The molecule has 110 valence electrons. The molecule has 2 amide bonds.